The van der Waals surface area contributed by atoms with E-state index >= 15 is 0 Å². The highest BCUT2D eigenvalue weighted by Crippen LogP contribution is 2.27. The number of nitrogens with two attached hydrogens (primary N) is 1. The summed E-state index contributed by atoms with van der Waals surface area (Å²) < 4.78 is 23.3. The molecule has 0 bridgehead atoms. The molecule has 1 aliphatic carbocycles. The fourth-order valence-electron chi connectivity index (χ4n) is 3.57. The van der Waals surface area contributed by atoms with E-state index in [1.165, 1.54) is 24.0 Å². The lowest BCUT2D eigenvalue weighted by Gasteiger charge is -2.21. The molecule has 0 amide bonds. The van der Waals surface area contributed by atoms with E-state index in [1.54, 1.807) is 0 Å². The fourth-order valence-corrected chi connectivity index (χ4v) is 5.33. The maximum Gasteiger partial charge on any atom is 0.193 e. The van der Waals surface area contributed by atoms with Gasteiger partial charge in [0.1, 0.15) is 0 Å². The van der Waals surface area contributed by atoms with Crippen molar-refractivity contribution < 1.29 is 8.42 Å². The number of hydrogen-bond acceptors (Lipinski definition) is 3. The van der Waals surface area contributed by atoms with E-state index in [2.05, 4.69) is 16.4 Å². The lowest BCUT2D eigenvalue weighted by atomic mass is 9.90. The van der Waals surface area contributed by atoms with E-state index in [9.17, 15) is 8.42 Å². The second kappa shape index (κ2) is 6.91. The molecule has 1 saturated heterocycles. The Bertz CT molecular complexity index is 698. The van der Waals surface area contributed by atoms with Crippen LogP contribution in [0, 0.1) is 5.92 Å². The molecule has 1 aliphatic heterocycles. The maximum absolute atomic E-state index is 11.7. The third-order valence-electron chi connectivity index (χ3n) is 4.74. The Labute approximate surface area is 138 Å². The number of aryl methyl sites for hydroxylation is 1. The maximum atomic E-state index is 11.7. The second-order valence-electron chi connectivity index (χ2n) is 6.62. The molecular weight excluding hydrogens is 310 g/mol. The van der Waals surface area contributed by atoms with Crippen molar-refractivity contribution in [1.29, 1.82) is 0 Å². The monoisotopic (exact) mass is 335 g/mol. The lowest BCUT2D eigenvalue weighted by molar-refractivity contribution is 0.494. The standard InChI is InChI=1S/C17H25N3O2S/c18-17(19-11-13-5-4-10-23(21,22)12-13)20-16-9-3-7-14-6-1-2-8-15(14)16/h3,7,9,13H,1-2,4-6,8,10-12H2,(H3,18,19,20). The van der Waals surface area contributed by atoms with Crippen molar-refractivity contribution >= 4 is 21.5 Å². The topological polar surface area (TPSA) is 84.5 Å². The summed E-state index contributed by atoms with van der Waals surface area (Å²) in [7, 11) is -2.88. The van der Waals surface area contributed by atoms with Gasteiger partial charge in [0.05, 0.1) is 11.5 Å². The van der Waals surface area contributed by atoms with Crippen LogP contribution in [0.25, 0.3) is 0 Å². The minimum Gasteiger partial charge on any atom is -0.370 e. The SMILES string of the molecule is NC(=NCC1CCCS(=O)(=O)C1)Nc1cccc2c1CCCC2. The van der Waals surface area contributed by atoms with Crippen LogP contribution in [-0.2, 0) is 22.7 Å². The van der Waals surface area contributed by atoms with Crippen molar-refractivity contribution in [1.82, 2.24) is 0 Å². The number of sulfone groups is 1. The smallest absolute Gasteiger partial charge is 0.193 e. The molecule has 1 unspecified atom stereocenters. The van der Waals surface area contributed by atoms with Crippen molar-refractivity contribution in [2.45, 2.75) is 38.5 Å². The molecule has 23 heavy (non-hydrogen) atoms. The van der Waals surface area contributed by atoms with Gasteiger partial charge in [0.15, 0.2) is 15.8 Å². The van der Waals surface area contributed by atoms with Crippen LogP contribution in [0.3, 0.4) is 0 Å². The zero-order valence-electron chi connectivity index (χ0n) is 13.4. The lowest BCUT2D eigenvalue weighted by Crippen LogP contribution is -2.29. The molecule has 3 N–H and O–H groups in total. The Morgan fingerprint density at radius 2 is 2.09 bits per heavy atom. The number of nitrogens with one attached hydrogen (secondary N) is 1. The zero-order valence-corrected chi connectivity index (χ0v) is 14.2. The zero-order chi connectivity index (χ0) is 16.3. The summed E-state index contributed by atoms with van der Waals surface area (Å²) in [6, 6.07) is 6.27. The molecule has 1 heterocycles. The molecule has 0 saturated carbocycles. The number of anilines is 1. The van der Waals surface area contributed by atoms with Crippen LogP contribution < -0.4 is 11.1 Å². The van der Waals surface area contributed by atoms with Crippen molar-refractivity contribution in [2.75, 3.05) is 23.4 Å². The van der Waals surface area contributed by atoms with Crippen molar-refractivity contribution in [2.24, 2.45) is 16.6 Å². The predicted molar refractivity (Wildman–Crippen MR) is 94.6 cm³/mol. The first-order valence-electron chi connectivity index (χ1n) is 8.42. The summed E-state index contributed by atoms with van der Waals surface area (Å²) in [5.41, 5.74) is 9.79. The van der Waals surface area contributed by atoms with E-state index in [0.29, 0.717) is 18.3 Å². The van der Waals surface area contributed by atoms with E-state index in [4.69, 9.17) is 5.73 Å². The van der Waals surface area contributed by atoms with Crippen LogP contribution in [0.2, 0.25) is 0 Å². The average molecular weight is 335 g/mol. The number of nitrogens with zero attached hydrogens (tertiary/aromatic N) is 1. The molecule has 3 rings (SSSR count). The number of rotatable bonds is 3. The molecule has 0 radical (unpaired) electrons. The molecule has 6 heteroatoms. The van der Waals surface area contributed by atoms with Gasteiger partial charge in [0, 0.05) is 12.2 Å². The van der Waals surface area contributed by atoms with Crippen molar-refractivity contribution in [3.8, 4) is 0 Å². The van der Waals surface area contributed by atoms with Crippen LogP contribution >= 0.6 is 0 Å². The quantitative estimate of drug-likeness (QED) is 0.654. The first-order chi connectivity index (χ1) is 11.0. The number of hydrogen-bond donors (Lipinski definition) is 2. The summed E-state index contributed by atoms with van der Waals surface area (Å²) >= 11 is 0. The van der Waals surface area contributed by atoms with Crippen LogP contribution in [0.4, 0.5) is 5.69 Å². The molecule has 1 aromatic carbocycles. The number of aliphatic imine (C=N–C) groups is 1. The highest BCUT2D eigenvalue weighted by molar-refractivity contribution is 7.91. The van der Waals surface area contributed by atoms with Gasteiger partial charge in [-0.1, -0.05) is 12.1 Å². The molecule has 5 nitrogen and oxygen atoms in total. The van der Waals surface area contributed by atoms with Gasteiger partial charge < -0.3 is 11.1 Å². The highest BCUT2D eigenvalue weighted by atomic mass is 32.2. The van der Waals surface area contributed by atoms with Crippen LogP contribution in [-0.4, -0.2) is 32.4 Å². The van der Waals surface area contributed by atoms with Crippen molar-refractivity contribution in [3.05, 3.63) is 29.3 Å². The van der Waals surface area contributed by atoms with E-state index < -0.39 is 9.84 Å². The van der Waals surface area contributed by atoms with Gasteiger partial charge >= 0.3 is 0 Å². The predicted octanol–water partition coefficient (Wildman–Crippen LogP) is 2.12. The largest absolute Gasteiger partial charge is 0.370 e. The van der Waals surface area contributed by atoms with Gasteiger partial charge in [-0.15, -0.1) is 0 Å². The summed E-state index contributed by atoms with van der Waals surface area (Å²) in [4.78, 5) is 4.38. The van der Waals surface area contributed by atoms with E-state index in [-0.39, 0.29) is 11.7 Å². The number of fused-ring (bicyclic) bond motifs is 1. The van der Waals surface area contributed by atoms with E-state index in [1.807, 2.05) is 12.1 Å². The first-order valence-corrected chi connectivity index (χ1v) is 10.2. The molecule has 0 aromatic heterocycles. The van der Waals surface area contributed by atoms with Crippen molar-refractivity contribution in [3.63, 3.8) is 0 Å². The average Bonchev–Trinajstić information content (AvgIpc) is 2.52. The molecule has 126 valence electrons. The van der Waals surface area contributed by atoms with Gasteiger partial charge in [-0.25, -0.2) is 8.42 Å². The molecule has 0 spiro atoms. The summed E-state index contributed by atoms with van der Waals surface area (Å²) in [6.07, 6.45) is 6.31. The third kappa shape index (κ3) is 4.25. The molecule has 1 atom stereocenters. The Hall–Kier alpha value is -1.56. The van der Waals surface area contributed by atoms with E-state index in [0.717, 1.165) is 31.4 Å². The van der Waals surface area contributed by atoms with Gasteiger partial charge in [0.25, 0.3) is 0 Å². The minimum atomic E-state index is -2.88. The third-order valence-corrected chi connectivity index (χ3v) is 6.63. The Balaban J connectivity index is 1.64. The summed E-state index contributed by atoms with van der Waals surface area (Å²) in [5.74, 6) is 1.03. The molecular formula is C17H25N3O2S. The summed E-state index contributed by atoms with van der Waals surface area (Å²) in [5, 5.41) is 3.21. The molecule has 1 aromatic rings. The minimum absolute atomic E-state index is 0.0961. The second-order valence-corrected chi connectivity index (χ2v) is 8.85. The van der Waals surface area contributed by atoms with Gasteiger partial charge in [-0.3, -0.25) is 4.99 Å². The number of benzene rings is 1. The van der Waals surface area contributed by atoms with Gasteiger partial charge in [-0.2, -0.15) is 0 Å². The number of guanidine groups is 1. The fraction of sp³-hybridized carbons (Fsp3) is 0.588. The Morgan fingerprint density at radius 1 is 1.26 bits per heavy atom. The van der Waals surface area contributed by atoms with Gasteiger partial charge in [0.2, 0.25) is 0 Å². The Kier molecular flexibility index (Phi) is 4.90. The molecule has 1 fully saturated rings. The van der Waals surface area contributed by atoms with Crippen LogP contribution in [0.15, 0.2) is 23.2 Å². The van der Waals surface area contributed by atoms with Crippen LogP contribution in [0.5, 0.6) is 0 Å². The van der Waals surface area contributed by atoms with Crippen LogP contribution in [0.1, 0.15) is 36.8 Å². The Morgan fingerprint density at radius 3 is 2.91 bits per heavy atom. The first kappa shape index (κ1) is 16.3. The molecule has 2 aliphatic rings. The highest BCUT2D eigenvalue weighted by Gasteiger charge is 2.24. The van der Waals surface area contributed by atoms with Gasteiger partial charge in [-0.05, 0) is 61.6 Å². The normalized spacial score (nSPS) is 24.0. The summed E-state index contributed by atoms with van der Waals surface area (Å²) in [6.45, 7) is 0.479.